The molecule has 2 heterocycles. The van der Waals surface area contributed by atoms with E-state index in [2.05, 4.69) is 146 Å². The lowest BCUT2D eigenvalue weighted by molar-refractivity contribution is 0.667. The first-order valence-electron chi connectivity index (χ1n) is 14.9. The molecule has 10 rings (SSSR count). The lowest BCUT2D eigenvalue weighted by Gasteiger charge is -2.23. The van der Waals surface area contributed by atoms with Crippen LogP contribution in [0.15, 0.2) is 127 Å². The summed E-state index contributed by atoms with van der Waals surface area (Å²) < 4.78 is 2.59. The third kappa shape index (κ3) is 2.61. The van der Waals surface area contributed by atoms with Crippen LogP contribution in [0, 0.1) is 0 Å². The quantitative estimate of drug-likeness (QED) is 0.198. The van der Waals surface area contributed by atoms with Crippen LogP contribution in [0.4, 0.5) is 0 Å². The van der Waals surface area contributed by atoms with Crippen LogP contribution in [0.5, 0.6) is 0 Å². The van der Waals surface area contributed by atoms with Crippen molar-refractivity contribution >= 4 is 59.5 Å². The molecule has 0 radical (unpaired) electrons. The maximum absolute atomic E-state index is 2.59. The highest BCUT2D eigenvalue weighted by Crippen LogP contribution is 2.58. The zero-order chi connectivity index (χ0) is 27.7. The molecule has 0 bridgehead atoms. The third-order valence-corrected chi connectivity index (χ3v) is 10.0. The third-order valence-electron chi connectivity index (χ3n) is 10.0. The van der Waals surface area contributed by atoms with Gasteiger partial charge in [0.25, 0.3) is 0 Å². The highest BCUT2D eigenvalue weighted by molar-refractivity contribution is 6.29. The van der Waals surface area contributed by atoms with Gasteiger partial charge in [-0.25, -0.2) is 0 Å². The number of nitrogens with zero attached hydrogens (tertiary/aromatic N) is 1. The van der Waals surface area contributed by atoms with Gasteiger partial charge in [0.2, 0.25) is 0 Å². The van der Waals surface area contributed by atoms with Crippen molar-refractivity contribution in [3.05, 3.63) is 139 Å². The maximum atomic E-state index is 2.59. The van der Waals surface area contributed by atoms with Crippen molar-refractivity contribution in [2.75, 3.05) is 0 Å². The predicted molar refractivity (Wildman–Crippen MR) is 179 cm³/mol. The van der Waals surface area contributed by atoms with Crippen LogP contribution >= 0.6 is 0 Å². The van der Waals surface area contributed by atoms with Crippen molar-refractivity contribution in [1.29, 1.82) is 0 Å². The number of para-hydroxylation sites is 1. The van der Waals surface area contributed by atoms with E-state index in [0.29, 0.717) is 0 Å². The Labute approximate surface area is 243 Å². The minimum absolute atomic E-state index is 0.157. The van der Waals surface area contributed by atoms with Crippen LogP contribution in [0.2, 0.25) is 0 Å². The van der Waals surface area contributed by atoms with Crippen molar-refractivity contribution < 1.29 is 0 Å². The van der Waals surface area contributed by atoms with Gasteiger partial charge in [0.15, 0.2) is 0 Å². The molecule has 0 fully saturated rings. The first-order chi connectivity index (χ1) is 20.6. The summed E-state index contributed by atoms with van der Waals surface area (Å²) in [7, 11) is 0. The molecular weight excluding hydrogens is 506 g/mol. The molecule has 196 valence electrons. The van der Waals surface area contributed by atoms with Crippen molar-refractivity contribution in [3.63, 3.8) is 0 Å². The number of hydrogen-bond donors (Lipinski definition) is 0. The van der Waals surface area contributed by atoms with Gasteiger partial charge in [0.1, 0.15) is 0 Å². The largest absolute Gasteiger partial charge is 0.308 e. The molecule has 1 heteroatoms. The summed E-state index contributed by atoms with van der Waals surface area (Å²) in [5, 5.41) is 11.9. The van der Waals surface area contributed by atoms with E-state index < -0.39 is 0 Å². The van der Waals surface area contributed by atoms with Crippen molar-refractivity contribution in [2.24, 2.45) is 0 Å². The van der Waals surface area contributed by atoms with E-state index in [1.54, 1.807) is 0 Å². The fraction of sp³-hybridized carbons (Fsp3) is 0.0732. The van der Waals surface area contributed by atoms with Gasteiger partial charge < -0.3 is 4.40 Å². The zero-order valence-corrected chi connectivity index (χ0v) is 23.6. The maximum Gasteiger partial charge on any atom is 0.0624 e. The molecule has 0 spiro atoms. The summed E-state index contributed by atoms with van der Waals surface area (Å²) in [4.78, 5) is 0. The summed E-state index contributed by atoms with van der Waals surface area (Å²) in [5.41, 5.74) is 10.7. The van der Waals surface area contributed by atoms with Gasteiger partial charge in [-0.15, -0.1) is 0 Å². The van der Waals surface area contributed by atoms with Crippen LogP contribution in [0.1, 0.15) is 25.0 Å². The molecule has 0 atom stereocenters. The van der Waals surface area contributed by atoms with Crippen LogP contribution in [0.3, 0.4) is 0 Å². The molecule has 9 aromatic rings. The SMILES string of the molecule is CC1(C)c2cc(-c3ccc4ccccc4c3)c3ccccc3c2-c2c1c1cc3ccccc3c3c4ccccc4n2c13. The summed E-state index contributed by atoms with van der Waals surface area (Å²) >= 11 is 0. The van der Waals surface area contributed by atoms with Crippen molar-refractivity contribution in [3.8, 4) is 22.4 Å². The second-order valence-corrected chi connectivity index (χ2v) is 12.5. The van der Waals surface area contributed by atoms with Gasteiger partial charge in [-0.1, -0.05) is 117 Å². The topological polar surface area (TPSA) is 4.41 Å². The van der Waals surface area contributed by atoms with Gasteiger partial charge in [-0.3, -0.25) is 0 Å². The van der Waals surface area contributed by atoms with Crippen molar-refractivity contribution in [2.45, 2.75) is 19.3 Å². The Kier molecular flexibility index (Phi) is 4.06. The first-order valence-corrected chi connectivity index (χ1v) is 14.9. The Balaban J connectivity index is 1.40. The van der Waals surface area contributed by atoms with Gasteiger partial charge in [-0.2, -0.15) is 0 Å². The van der Waals surface area contributed by atoms with Crippen LogP contribution in [-0.2, 0) is 5.41 Å². The van der Waals surface area contributed by atoms with Gasteiger partial charge in [0.05, 0.1) is 16.7 Å². The number of fused-ring (bicyclic) bond motifs is 13. The van der Waals surface area contributed by atoms with E-state index in [4.69, 9.17) is 0 Å². The number of rotatable bonds is 1. The molecule has 7 aromatic carbocycles. The molecule has 1 aliphatic carbocycles. The van der Waals surface area contributed by atoms with E-state index in [0.717, 1.165) is 0 Å². The fourth-order valence-electron chi connectivity index (χ4n) is 8.23. The van der Waals surface area contributed by atoms with E-state index >= 15 is 0 Å². The first kappa shape index (κ1) is 22.5. The molecule has 42 heavy (non-hydrogen) atoms. The zero-order valence-electron chi connectivity index (χ0n) is 23.6. The summed E-state index contributed by atoms with van der Waals surface area (Å²) in [5.74, 6) is 0. The Morgan fingerprint density at radius 3 is 2.02 bits per heavy atom. The fourth-order valence-corrected chi connectivity index (χ4v) is 8.23. The minimum atomic E-state index is -0.157. The molecule has 0 aliphatic heterocycles. The molecule has 0 saturated heterocycles. The normalized spacial score (nSPS) is 14.1. The Bertz CT molecular complexity index is 2590. The highest BCUT2D eigenvalue weighted by atomic mass is 14.9. The number of aromatic nitrogens is 1. The average Bonchev–Trinajstić information content (AvgIpc) is 3.63. The highest BCUT2D eigenvalue weighted by Gasteiger charge is 2.42. The molecule has 0 amide bonds. The molecule has 2 aromatic heterocycles. The predicted octanol–water partition coefficient (Wildman–Crippen LogP) is 11.1. The number of benzene rings is 7. The molecule has 0 N–H and O–H groups in total. The molecule has 0 saturated carbocycles. The summed E-state index contributed by atoms with van der Waals surface area (Å²) in [6.45, 7) is 4.87. The van der Waals surface area contributed by atoms with E-state index in [1.165, 1.54) is 93.0 Å². The van der Waals surface area contributed by atoms with Gasteiger partial charge in [0, 0.05) is 27.1 Å². The monoisotopic (exact) mass is 533 g/mol. The Hall–Kier alpha value is -5.14. The van der Waals surface area contributed by atoms with Gasteiger partial charge in [-0.05, 0) is 78.8 Å². The summed E-state index contributed by atoms with van der Waals surface area (Å²) in [6.07, 6.45) is 0. The van der Waals surface area contributed by atoms with Crippen LogP contribution in [0.25, 0.3) is 81.9 Å². The Morgan fingerprint density at radius 1 is 0.524 bits per heavy atom. The van der Waals surface area contributed by atoms with Crippen LogP contribution in [-0.4, -0.2) is 4.40 Å². The smallest absolute Gasteiger partial charge is 0.0624 e. The Morgan fingerprint density at radius 2 is 1.19 bits per heavy atom. The van der Waals surface area contributed by atoms with E-state index in [1.807, 2.05) is 0 Å². The molecule has 1 nitrogen and oxygen atoms in total. The standard InChI is InChI=1S/C41H27N/c1-41(2)34-23-32(27-20-19-24-11-3-4-12-25(24)21-27)29-15-7-8-16-30(29)37(34)40-38(41)33-22-26-13-5-6-14-28(26)36-31-17-9-10-18-35(31)42(40)39(33)36/h3-23H,1-2H3. The lowest BCUT2D eigenvalue weighted by atomic mass is 9.79. The minimum Gasteiger partial charge on any atom is -0.308 e. The molecule has 0 unspecified atom stereocenters. The molecular formula is C41H27N. The summed E-state index contributed by atoms with van der Waals surface area (Å²) in [6, 6.07) is 47.5. The van der Waals surface area contributed by atoms with Crippen molar-refractivity contribution in [1.82, 2.24) is 4.40 Å². The lowest BCUT2D eigenvalue weighted by Crippen LogP contribution is -2.15. The van der Waals surface area contributed by atoms with Crippen LogP contribution < -0.4 is 0 Å². The second-order valence-electron chi connectivity index (χ2n) is 12.5. The van der Waals surface area contributed by atoms with E-state index in [9.17, 15) is 0 Å². The molecule has 1 aliphatic rings. The average molecular weight is 534 g/mol. The second kappa shape index (κ2) is 7.57. The number of hydrogen-bond acceptors (Lipinski definition) is 0. The van der Waals surface area contributed by atoms with E-state index in [-0.39, 0.29) is 5.41 Å². The van der Waals surface area contributed by atoms with Gasteiger partial charge >= 0.3 is 0 Å².